The molecule has 0 aliphatic heterocycles. The van der Waals surface area contributed by atoms with Crippen molar-refractivity contribution in [2.45, 2.75) is 38.0 Å². The van der Waals surface area contributed by atoms with Crippen LogP contribution in [-0.4, -0.2) is 5.11 Å². The van der Waals surface area contributed by atoms with Crippen molar-refractivity contribution in [1.82, 2.24) is 0 Å². The van der Waals surface area contributed by atoms with Gasteiger partial charge in [0.2, 0.25) is 0 Å². The molecule has 3 rings (SSSR count). The van der Waals surface area contributed by atoms with Gasteiger partial charge in [-0.15, -0.1) is 0 Å². The topological polar surface area (TPSA) is 20.2 Å². The second kappa shape index (κ2) is 3.01. The Bertz CT molecular complexity index is 356. The summed E-state index contributed by atoms with van der Waals surface area (Å²) in [7, 11) is 0. The van der Waals surface area contributed by atoms with Gasteiger partial charge in [-0.05, 0) is 60.8 Å². The molecule has 0 unspecified atom stereocenters. The van der Waals surface area contributed by atoms with Crippen LogP contribution in [0.1, 0.15) is 42.7 Å². The van der Waals surface area contributed by atoms with Gasteiger partial charge in [0.25, 0.3) is 0 Å². The number of aryl methyl sites for hydroxylation is 1. The first kappa shape index (κ1) is 8.34. The van der Waals surface area contributed by atoms with Crippen LogP contribution >= 0.6 is 0 Å². The van der Waals surface area contributed by atoms with Crippen LogP contribution in [0.15, 0.2) is 18.2 Å². The van der Waals surface area contributed by atoms with E-state index in [0.29, 0.717) is 5.75 Å². The fourth-order valence-electron chi connectivity index (χ4n) is 3.30. The molecule has 1 heteroatoms. The first-order valence-electron chi connectivity index (χ1n) is 5.66. The maximum absolute atomic E-state index is 9.43. The normalized spacial score (nSPS) is 29.7. The second-order valence-corrected chi connectivity index (χ2v) is 4.72. The van der Waals surface area contributed by atoms with Crippen molar-refractivity contribution in [3.63, 3.8) is 0 Å². The molecular weight excluding hydrogens is 172 g/mol. The average Bonchev–Trinajstić information content (AvgIpc) is 2.65. The van der Waals surface area contributed by atoms with Crippen molar-refractivity contribution >= 4 is 0 Å². The zero-order valence-corrected chi connectivity index (χ0v) is 8.37. The maximum atomic E-state index is 9.43. The third-order valence-electron chi connectivity index (χ3n) is 3.97. The average molecular weight is 188 g/mol. The van der Waals surface area contributed by atoms with Crippen molar-refractivity contribution in [2.24, 2.45) is 5.92 Å². The zero-order valence-electron chi connectivity index (χ0n) is 8.37. The molecule has 1 saturated carbocycles. The van der Waals surface area contributed by atoms with Crippen LogP contribution in [0.25, 0.3) is 0 Å². The molecule has 0 radical (unpaired) electrons. The number of phenolic OH excluding ortho intramolecular Hbond substituents is 1. The Labute approximate surface area is 84.8 Å². The minimum Gasteiger partial charge on any atom is -0.508 e. The molecule has 0 saturated heterocycles. The molecule has 1 aromatic carbocycles. The Morgan fingerprint density at radius 1 is 1.14 bits per heavy atom. The van der Waals surface area contributed by atoms with Crippen LogP contribution in [-0.2, 0) is 6.42 Å². The predicted octanol–water partition coefficient (Wildman–Crippen LogP) is 3.22. The lowest BCUT2D eigenvalue weighted by atomic mass is 9.77. The van der Waals surface area contributed by atoms with Gasteiger partial charge >= 0.3 is 0 Å². The zero-order chi connectivity index (χ0) is 9.54. The van der Waals surface area contributed by atoms with Crippen LogP contribution < -0.4 is 0 Å². The Kier molecular flexibility index (Phi) is 1.79. The Hall–Kier alpha value is -0.980. The predicted molar refractivity (Wildman–Crippen MR) is 56.5 cm³/mol. The quantitative estimate of drug-likeness (QED) is 0.662. The molecule has 2 atom stereocenters. The van der Waals surface area contributed by atoms with Gasteiger partial charge in [0.1, 0.15) is 5.75 Å². The molecule has 74 valence electrons. The summed E-state index contributed by atoms with van der Waals surface area (Å²) in [5, 5.41) is 9.43. The number of hydrogen-bond donors (Lipinski definition) is 1. The third kappa shape index (κ3) is 1.15. The first-order chi connectivity index (χ1) is 6.84. The molecule has 1 N–H and O–H groups in total. The Morgan fingerprint density at radius 2 is 2.07 bits per heavy atom. The summed E-state index contributed by atoms with van der Waals surface area (Å²) >= 11 is 0. The molecule has 0 amide bonds. The highest BCUT2D eigenvalue weighted by Crippen LogP contribution is 2.47. The largest absolute Gasteiger partial charge is 0.508 e. The number of fused-ring (bicyclic) bond motifs is 3. The maximum Gasteiger partial charge on any atom is 0.115 e. The summed E-state index contributed by atoms with van der Waals surface area (Å²) in [5.74, 6) is 2.17. The Balaban J connectivity index is 2.05. The van der Waals surface area contributed by atoms with Crippen molar-refractivity contribution in [1.29, 1.82) is 0 Å². The lowest BCUT2D eigenvalue weighted by Crippen LogP contribution is -2.15. The van der Waals surface area contributed by atoms with Crippen molar-refractivity contribution in [3.05, 3.63) is 29.3 Å². The van der Waals surface area contributed by atoms with Crippen LogP contribution in [0, 0.1) is 5.92 Å². The lowest BCUT2D eigenvalue weighted by Gasteiger charge is -2.28. The van der Waals surface area contributed by atoms with E-state index >= 15 is 0 Å². The lowest BCUT2D eigenvalue weighted by molar-refractivity contribution is 0.419. The van der Waals surface area contributed by atoms with Gasteiger partial charge in [0, 0.05) is 0 Å². The summed E-state index contributed by atoms with van der Waals surface area (Å²) in [4.78, 5) is 0. The summed E-state index contributed by atoms with van der Waals surface area (Å²) in [5.41, 5.74) is 2.92. The van der Waals surface area contributed by atoms with Gasteiger partial charge < -0.3 is 5.11 Å². The number of aromatic hydroxyl groups is 1. The van der Waals surface area contributed by atoms with E-state index in [1.165, 1.54) is 43.2 Å². The van der Waals surface area contributed by atoms with Crippen LogP contribution in [0.3, 0.4) is 0 Å². The fraction of sp³-hybridized carbons (Fsp3) is 0.538. The van der Waals surface area contributed by atoms with Crippen LogP contribution in [0.2, 0.25) is 0 Å². The molecule has 1 aromatic rings. The van der Waals surface area contributed by atoms with Gasteiger partial charge in [-0.2, -0.15) is 0 Å². The highest BCUT2D eigenvalue weighted by atomic mass is 16.3. The highest BCUT2D eigenvalue weighted by Gasteiger charge is 2.32. The molecule has 1 nitrogen and oxygen atoms in total. The number of rotatable bonds is 0. The third-order valence-corrected chi connectivity index (χ3v) is 3.97. The van der Waals surface area contributed by atoms with Gasteiger partial charge in [0.05, 0.1) is 0 Å². The van der Waals surface area contributed by atoms with E-state index in [0.717, 1.165) is 11.8 Å². The van der Waals surface area contributed by atoms with E-state index in [1.54, 1.807) is 0 Å². The molecule has 0 bridgehead atoms. The molecule has 0 aromatic heterocycles. The SMILES string of the molecule is Oc1ccc2c(c1)CC[C@H]1CCC[C@@H]21. The van der Waals surface area contributed by atoms with E-state index in [2.05, 4.69) is 6.07 Å². The number of hydrogen-bond acceptors (Lipinski definition) is 1. The molecule has 14 heavy (non-hydrogen) atoms. The van der Waals surface area contributed by atoms with Gasteiger partial charge in [-0.1, -0.05) is 12.5 Å². The van der Waals surface area contributed by atoms with E-state index < -0.39 is 0 Å². The van der Waals surface area contributed by atoms with Crippen molar-refractivity contribution < 1.29 is 5.11 Å². The summed E-state index contributed by atoms with van der Waals surface area (Å²) in [6.07, 6.45) is 6.69. The van der Waals surface area contributed by atoms with Gasteiger partial charge in [0.15, 0.2) is 0 Å². The van der Waals surface area contributed by atoms with Gasteiger partial charge in [-0.25, -0.2) is 0 Å². The van der Waals surface area contributed by atoms with Crippen molar-refractivity contribution in [3.8, 4) is 5.75 Å². The summed E-state index contributed by atoms with van der Waals surface area (Å²) in [6, 6.07) is 5.95. The summed E-state index contributed by atoms with van der Waals surface area (Å²) < 4.78 is 0. The number of phenols is 1. The van der Waals surface area contributed by atoms with Crippen molar-refractivity contribution in [2.75, 3.05) is 0 Å². The molecule has 1 fully saturated rings. The van der Waals surface area contributed by atoms with Crippen LogP contribution in [0.4, 0.5) is 0 Å². The first-order valence-corrected chi connectivity index (χ1v) is 5.66. The van der Waals surface area contributed by atoms with Crippen LogP contribution in [0.5, 0.6) is 5.75 Å². The number of benzene rings is 1. The smallest absolute Gasteiger partial charge is 0.115 e. The highest BCUT2D eigenvalue weighted by molar-refractivity contribution is 5.39. The molecular formula is C13H16O. The monoisotopic (exact) mass is 188 g/mol. The molecule has 2 aliphatic carbocycles. The van der Waals surface area contributed by atoms with Gasteiger partial charge in [-0.3, -0.25) is 0 Å². The molecule has 0 heterocycles. The molecule has 0 spiro atoms. The van der Waals surface area contributed by atoms with E-state index in [9.17, 15) is 5.11 Å². The summed E-state index contributed by atoms with van der Waals surface area (Å²) in [6.45, 7) is 0. The van der Waals surface area contributed by atoms with E-state index in [4.69, 9.17) is 0 Å². The van der Waals surface area contributed by atoms with E-state index in [1.807, 2.05) is 12.1 Å². The molecule has 2 aliphatic rings. The minimum atomic E-state index is 0.431. The minimum absolute atomic E-state index is 0.431. The standard InChI is InChI=1S/C13H16O/c14-11-6-7-13-10(8-11)5-4-9-2-1-3-12(9)13/h6-9,12,14H,1-5H2/t9-,12-/m1/s1. The fourth-order valence-corrected chi connectivity index (χ4v) is 3.30. The van der Waals surface area contributed by atoms with E-state index in [-0.39, 0.29) is 0 Å². The second-order valence-electron chi connectivity index (χ2n) is 4.72. The Morgan fingerprint density at radius 3 is 3.00 bits per heavy atom.